The number of aromatic nitrogens is 5. The largest absolute Gasteiger partial charge is 0.368 e. The van der Waals surface area contributed by atoms with E-state index in [1.807, 2.05) is 43.0 Å². The number of halogens is 1. The maximum absolute atomic E-state index is 13.7. The molecule has 0 aliphatic carbocycles. The number of benzene rings is 2. The Morgan fingerprint density at radius 1 is 1.13 bits per heavy atom. The van der Waals surface area contributed by atoms with Crippen LogP contribution in [0.2, 0.25) is 0 Å². The van der Waals surface area contributed by atoms with Crippen LogP contribution in [0.15, 0.2) is 95.8 Å². The number of aliphatic imine (C=N–C) groups is 1. The quantitative estimate of drug-likeness (QED) is 0.0866. The summed E-state index contributed by atoms with van der Waals surface area (Å²) in [5.74, 6) is 0.126. The number of nitrogens with one attached hydrogen (secondary N) is 2. The summed E-state index contributed by atoms with van der Waals surface area (Å²) in [4.78, 5) is 40.8. The predicted molar refractivity (Wildman–Crippen MR) is 177 cm³/mol. The van der Waals surface area contributed by atoms with Crippen molar-refractivity contribution in [3.8, 4) is 0 Å². The molecule has 13 nitrogen and oxygen atoms in total. The summed E-state index contributed by atoms with van der Waals surface area (Å²) in [7, 11) is 3.88. The molecule has 4 heterocycles. The standard InChI is InChI=1S/C33H31FN10O3/c1-21-12-24(33(39-21)43(46)47)19-44(2,3)11-5-8-31(45)41-30-15-27-28(17-35-30)36-20-37-32(27)40-26-9-10-29-23(14-26)16-38-42(29)18-22-6-4-7-25(34)13-22/h4-10,13-17,20H,11-12,18-19H2,1-3H3,(H-,35,36,37,40,41,45)/p+1/b8-5+. The molecule has 2 N–H and O–H groups in total. The molecule has 14 heteroatoms. The van der Waals surface area contributed by atoms with Gasteiger partial charge in [0.2, 0.25) is 5.91 Å². The van der Waals surface area contributed by atoms with Gasteiger partial charge in [-0.25, -0.2) is 19.3 Å². The van der Waals surface area contributed by atoms with Gasteiger partial charge in [0.25, 0.3) is 0 Å². The van der Waals surface area contributed by atoms with Crippen LogP contribution in [0.5, 0.6) is 0 Å². The average molecular weight is 636 g/mol. The molecule has 0 atom stereocenters. The van der Waals surface area contributed by atoms with Gasteiger partial charge in [-0.1, -0.05) is 12.1 Å². The highest BCUT2D eigenvalue weighted by Crippen LogP contribution is 2.27. The molecule has 0 spiro atoms. The van der Waals surface area contributed by atoms with Crippen molar-refractivity contribution in [1.82, 2.24) is 24.7 Å². The predicted octanol–water partition coefficient (Wildman–Crippen LogP) is 5.23. The molecular formula is C33H32FN10O3+. The fraction of sp³-hybridized carbons (Fsp3) is 0.212. The minimum atomic E-state index is -0.441. The molecule has 1 aliphatic rings. The molecule has 0 fully saturated rings. The summed E-state index contributed by atoms with van der Waals surface area (Å²) in [6.07, 6.45) is 8.40. The van der Waals surface area contributed by atoms with Crippen molar-refractivity contribution in [2.24, 2.45) is 4.99 Å². The molecule has 6 rings (SSSR count). The number of hydrogen-bond donors (Lipinski definition) is 2. The van der Waals surface area contributed by atoms with Gasteiger partial charge in [-0.2, -0.15) is 5.10 Å². The highest BCUT2D eigenvalue weighted by molar-refractivity contribution is 6.01. The van der Waals surface area contributed by atoms with Crippen molar-refractivity contribution < 1.29 is 18.6 Å². The Morgan fingerprint density at radius 2 is 1.98 bits per heavy atom. The number of carbonyl (C=O) groups excluding carboxylic acids is 1. The van der Waals surface area contributed by atoms with E-state index < -0.39 is 4.92 Å². The summed E-state index contributed by atoms with van der Waals surface area (Å²) in [5.41, 5.74) is 4.48. The van der Waals surface area contributed by atoms with Crippen molar-refractivity contribution in [1.29, 1.82) is 0 Å². The third-order valence-electron chi connectivity index (χ3n) is 7.64. The first-order chi connectivity index (χ1) is 22.5. The van der Waals surface area contributed by atoms with Crippen LogP contribution in [0, 0.1) is 15.9 Å². The molecule has 47 heavy (non-hydrogen) atoms. The van der Waals surface area contributed by atoms with Gasteiger partial charge in [-0.15, -0.1) is 0 Å². The first-order valence-corrected chi connectivity index (χ1v) is 14.8. The lowest BCUT2D eigenvalue weighted by molar-refractivity contribution is -0.880. The third-order valence-corrected chi connectivity index (χ3v) is 7.64. The van der Waals surface area contributed by atoms with Crippen LogP contribution in [0.3, 0.4) is 0 Å². The van der Waals surface area contributed by atoms with Crippen LogP contribution in [-0.4, -0.2) is 72.9 Å². The number of amides is 1. The Bertz CT molecular complexity index is 2120. The Hall–Kier alpha value is -5.89. The number of rotatable bonds is 11. The number of likely N-dealkylation sites (N-methyl/N-ethyl adjacent to an activating group) is 1. The summed E-state index contributed by atoms with van der Waals surface area (Å²) < 4.78 is 15.9. The number of carbonyl (C=O) groups is 1. The van der Waals surface area contributed by atoms with Gasteiger partial charge in [-0.05, 0) is 64.9 Å². The zero-order valence-electron chi connectivity index (χ0n) is 26.0. The maximum atomic E-state index is 13.7. The van der Waals surface area contributed by atoms with Crippen molar-refractivity contribution in [2.75, 3.05) is 37.8 Å². The molecule has 1 aliphatic heterocycles. The monoisotopic (exact) mass is 635 g/mol. The van der Waals surface area contributed by atoms with E-state index in [0.29, 0.717) is 58.6 Å². The van der Waals surface area contributed by atoms with Crippen LogP contribution >= 0.6 is 0 Å². The van der Waals surface area contributed by atoms with Crippen LogP contribution < -0.4 is 10.6 Å². The summed E-state index contributed by atoms with van der Waals surface area (Å²) >= 11 is 0. The number of hydrogen-bond acceptors (Lipinski definition) is 9. The normalized spacial score (nSPS) is 13.5. The number of quaternary nitrogens is 1. The van der Waals surface area contributed by atoms with Crippen molar-refractivity contribution in [3.05, 3.63) is 112 Å². The van der Waals surface area contributed by atoms with Gasteiger partial charge < -0.3 is 25.2 Å². The van der Waals surface area contributed by atoms with Crippen molar-refractivity contribution in [2.45, 2.75) is 19.9 Å². The van der Waals surface area contributed by atoms with Gasteiger partial charge in [-0.3, -0.25) is 9.48 Å². The highest BCUT2D eigenvalue weighted by atomic mass is 19.1. The van der Waals surface area contributed by atoms with E-state index in [9.17, 15) is 19.3 Å². The molecule has 3 aromatic heterocycles. The number of nitro groups is 1. The van der Waals surface area contributed by atoms with E-state index in [1.165, 1.54) is 24.5 Å². The topological polar surface area (TPSA) is 153 Å². The smallest absolute Gasteiger partial charge is 0.358 e. The number of nitrogens with zero attached hydrogens (tertiary/aromatic N) is 8. The summed E-state index contributed by atoms with van der Waals surface area (Å²) in [6, 6.07) is 13.9. The molecule has 5 aromatic rings. The third kappa shape index (κ3) is 7.34. The molecule has 0 radical (unpaired) electrons. The van der Waals surface area contributed by atoms with E-state index in [2.05, 4.69) is 35.7 Å². The number of pyridine rings is 1. The average Bonchev–Trinajstić information content (AvgIpc) is 3.59. The lowest BCUT2D eigenvalue weighted by Crippen LogP contribution is -2.41. The van der Waals surface area contributed by atoms with Crippen LogP contribution in [0.25, 0.3) is 21.8 Å². The first-order valence-electron chi connectivity index (χ1n) is 14.8. The minimum absolute atomic E-state index is 0.0788. The van der Waals surface area contributed by atoms with Crippen molar-refractivity contribution in [3.63, 3.8) is 0 Å². The molecule has 0 bridgehead atoms. The molecule has 238 valence electrons. The van der Waals surface area contributed by atoms with E-state index in [-0.39, 0.29) is 17.5 Å². The molecule has 0 saturated heterocycles. The second-order valence-electron chi connectivity index (χ2n) is 12.0. The molecule has 1 amide bonds. The second kappa shape index (κ2) is 12.8. The Kier molecular flexibility index (Phi) is 8.50. The van der Waals surface area contributed by atoms with E-state index in [4.69, 9.17) is 0 Å². The van der Waals surface area contributed by atoms with Crippen LogP contribution in [-0.2, 0) is 11.3 Å². The maximum Gasteiger partial charge on any atom is 0.368 e. The van der Waals surface area contributed by atoms with E-state index >= 15 is 0 Å². The van der Waals surface area contributed by atoms with E-state index in [1.54, 1.807) is 37.5 Å². The number of fused-ring (bicyclic) bond motifs is 2. The highest BCUT2D eigenvalue weighted by Gasteiger charge is 2.31. The van der Waals surface area contributed by atoms with Crippen molar-refractivity contribution >= 4 is 50.7 Å². The zero-order valence-corrected chi connectivity index (χ0v) is 26.0. The molecule has 0 saturated carbocycles. The summed E-state index contributed by atoms with van der Waals surface area (Å²) in [6.45, 7) is 3.13. The van der Waals surface area contributed by atoms with Crippen LogP contribution in [0.1, 0.15) is 18.9 Å². The van der Waals surface area contributed by atoms with Gasteiger partial charge >= 0.3 is 5.82 Å². The fourth-order valence-corrected chi connectivity index (χ4v) is 5.54. The minimum Gasteiger partial charge on any atom is -0.358 e. The van der Waals surface area contributed by atoms with Gasteiger partial charge in [0.15, 0.2) is 0 Å². The lowest BCUT2D eigenvalue weighted by Gasteiger charge is -2.28. The lowest BCUT2D eigenvalue weighted by atomic mass is 10.1. The van der Waals surface area contributed by atoms with Crippen LogP contribution in [0.4, 0.5) is 21.7 Å². The summed E-state index contributed by atoms with van der Waals surface area (Å²) in [5, 5.41) is 23.5. The Balaban J connectivity index is 1.12. The van der Waals surface area contributed by atoms with E-state index in [0.717, 1.165) is 27.9 Å². The Morgan fingerprint density at radius 3 is 2.79 bits per heavy atom. The first kappa shape index (κ1) is 31.1. The molecular weight excluding hydrogens is 603 g/mol. The van der Waals surface area contributed by atoms with Gasteiger partial charge in [0.05, 0.1) is 56.2 Å². The second-order valence-corrected chi connectivity index (χ2v) is 12.0. The van der Waals surface area contributed by atoms with Gasteiger partial charge in [0, 0.05) is 29.0 Å². The Labute approximate surface area is 268 Å². The van der Waals surface area contributed by atoms with Gasteiger partial charge in [0.1, 0.15) is 36.0 Å². The molecule has 0 unspecified atom stereocenters. The SMILES string of the molecule is CC1=NC([N+](=O)[O-])=C(C[N+](C)(C)C/C=C/C(=O)Nc2cc3c(Nc4ccc5c(cnn5Cc5cccc(F)c5)c4)ncnc3cn2)C1. The number of anilines is 3. The zero-order chi connectivity index (χ0) is 33.1. The molecule has 2 aromatic carbocycles. The fourth-order valence-electron chi connectivity index (χ4n) is 5.54.